The van der Waals surface area contributed by atoms with E-state index in [-0.39, 0.29) is 17.4 Å². The molecule has 1 unspecified atom stereocenters. The van der Waals surface area contributed by atoms with Crippen LogP contribution in [0.25, 0.3) is 0 Å². The van der Waals surface area contributed by atoms with Crippen LogP contribution in [0.3, 0.4) is 0 Å². The summed E-state index contributed by atoms with van der Waals surface area (Å²) in [5, 5.41) is 0. The van der Waals surface area contributed by atoms with Gasteiger partial charge in [-0.2, -0.15) is 0 Å². The summed E-state index contributed by atoms with van der Waals surface area (Å²) < 4.78 is 0. The zero-order valence-electron chi connectivity index (χ0n) is 12.4. The van der Waals surface area contributed by atoms with E-state index in [9.17, 15) is 4.79 Å². The van der Waals surface area contributed by atoms with Crippen LogP contribution in [0.15, 0.2) is 0 Å². The lowest BCUT2D eigenvalue weighted by molar-refractivity contribution is -0.132. The van der Waals surface area contributed by atoms with E-state index < -0.39 is 0 Å². The van der Waals surface area contributed by atoms with Gasteiger partial charge in [0.25, 0.3) is 0 Å². The van der Waals surface area contributed by atoms with Crippen LogP contribution >= 0.6 is 0 Å². The molecule has 0 radical (unpaired) electrons. The van der Waals surface area contributed by atoms with Crippen molar-refractivity contribution in [2.24, 2.45) is 11.1 Å². The molecule has 1 amide bonds. The van der Waals surface area contributed by atoms with E-state index in [2.05, 4.69) is 20.8 Å². The molecule has 3 heteroatoms. The minimum atomic E-state index is 0.00272. The van der Waals surface area contributed by atoms with Crippen LogP contribution in [0.1, 0.15) is 65.7 Å². The molecule has 18 heavy (non-hydrogen) atoms. The fourth-order valence-electron chi connectivity index (χ4n) is 2.71. The zero-order valence-corrected chi connectivity index (χ0v) is 12.4. The number of rotatable bonds is 3. The van der Waals surface area contributed by atoms with Gasteiger partial charge in [0.05, 0.1) is 0 Å². The maximum absolute atomic E-state index is 12.2. The van der Waals surface area contributed by atoms with Crippen molar-refractivity contribution >= 4 is 5.91 Å². The Bertz CT molecular complexity index is 250. The molecule has 0 bridgehead atoms. The van der Waals surface area contributed by atoms with Crippen molar-refractivity contribution in [3.8, 4) is 0 Å². The Morgan fingerprint density at radius 1 is 1.11 bits per heavy atom. The molecule has 0 aromatic heterocycles. The first-order valence-corrected chi connectivity index (χ1v) is 7.42. The fourth-order valence-corrected chi connectivity index (χ4v) is 2.71. The molecule has 2 N–H and O–H groups in total. The maximum Gasteiger partial charge on any atom is 0.224 e. The molecule has 1 aliphatic rings. The van der Waals surface area contributed by atoms with Crippen molar-refractivity contribution in [3.63, 3.8) is 0 Å². The van der Waals surface area contributed by atoms with E-state index in [4.69, 9.17) is 5.73 Å². The van der Waals surface area contributed by atoms with Crippen molar-refractivity contribution in [2.75, 3.05) is 13.1 Å². The summed E-state index contributed by atoms with van der Waals surface area (Å²) in [5.41, 5.74) is 6.29. The van der Waals surface area contributed by atoms with Crippen LogP contribution in [0.4, 0.5) is 0 Å². The van der Waals surface area contributed by atoms with Crippen LogP contribution in [0.5, 0.6) is 0 Å². The van der Waals surface area contributed by atoms with Crippen LogP contribution in [0, 0.1) is 5.41 Å². The van der Waals surface area contributed by atoms with E-state index in [1.54, 1.807) is 0 Å². The highest BCUT2D eigenvalue weighted by Gasteiger charge is 2.21. The highest BCUT2D eigenvalue weighted by atomic mass is 16.2. The Balaban J connectivity index is 2.37. The smallest absolute Gasteiger partial charge is 0.224 e. The summed E-state index contributed by atoms with van der Waals surface area (Å²) in [6, 6.07) is 0.00272. The summed E-state index contributed by atoms with van der Waals surface area (Å²) in [5.74, 6) is 0.258. The van der Waals surface area contributed by atoms with Gasteiger partial charge in [-0.05, 0) is 24.7 Å². The van der Waals surface area contributed by atoms with Crippen molar-refractivity contribution in [1.29, 1.82) is 0 Å². The topological polar surface area (TPSA) is 46.3 Å². The van der Waals surface area contributed by atoms with Crippen LogP contribution in [-0.4, -0.2) is 29.9 Å². The molecule has 0 aromatic carbocycles. The summed E-state index contributed by atoms with van der Waals surface area (Å²) in [6.45, 7) is 8.39. The van der Waals surface area contributed by atoms with Crippen molar-refractivity contribution in [1.82, 2.24) is 4.90 Å². The Morgan fingerprint density at radius 3 is 2.11 bits per heavy atom. The predicted octanol–water partition coefficient (Wildman–Crippen LogP) is 2.93. The Morgan fingerprint density at radius 2 is 1.61 bits per heavy atom. The van der Waals surface area contributed by atoms with Crippen LogP contribution in [0.2, 0.25) is 0 Å². The number of amides is 1. The summed E-state index contributed by atoms with van der Waals surface area (Å²) in [6.07, 6.45) is 7.57. The van der Waals surface area contributed by atoms with E-state index in [0.29, 0.717) is 6.42 Å². The molecule has 0 aromatic rings. The van der Waals surface area contributed by atoms with E-state index in [1.807, 2.05) is 4.90 Å². The second-order valence-electron chi connectivity index (χ2n) is 6.88. The summed E-state index contributed by atoms with van der Waals surface area (Å²) in [7, 11) is 0. The lowest BCUT2D eigenvalue weighted by Gasteiger charge is -2.28. The van der Waals surface area contributed by atoms with Gasteiger partial charge in [0.2, 0.25) is 5.91 Å². The minimum absolute atomic E-state index is 0.00272. The molecule has 1 atom stereocenters. The molecule has 106 valence electrons. The summed E-state index contributed by atoms with van der Waals surface area (Å²) >= 11 is 0. The van der Waals surface area contributed by atoms with Gasteiger partial charge in [0.1, 0.15) is 0 Å². The highest BCUT2D eigenvalue weighted by molar-refractivity contribution is 5.76. The first kappa shape index (κ1) is 15.5. The van der Waals surface area contributed by atoms with E-state index >= 15 is 0 Å². The number of hydrogen-bond acceptors (Lipinski definition) is 2. The predicted molar refractivity (Wildman–Crippen MR) is 76.3 cm³/mol. The summed E-state index contributed by atoms with van der Waals surface area (Å²) in [4.78, 5) is 14.2. The molecule has 1 rings (SSSR count). The van der Waals surface area contributed by atoms with Gasteiger partial charge in [0, 0.05) is 25.6 Å². The third-order valence-electron chi connectivity index (χ3n) is 3.52. The second-order valence-corrected chi connectivity index (χ2v) is 6.88. The SMILES string of the molecule is CC(C)(C)CC(N)CC(=O)N1CCCCCCC1. The van der Waals surface area contributed by atoms with Crippen LogP contribution in [-0.2, 0) is 4.79 Å². The first-order valence-electron chi connectivity index (χ1n) is 7.42. The number of likely N-dealkylation sites (tertiary alicyclic amines) is 1. The van der Waals surface area contributed by atoms with Gasteiger partial charge < -0.3 is 10.6 Å². The molecule has 1 saturated heterocycles. The second kappa shape index (κ2) is 7.13. The van der Waals surface area contributed by atoms with E-state index in [1.165, 1.54) is 19.3 Å². The third kappa shape index (κ3) is 6.39. The molecule has 1 aliphatic heterocycles. The molecule has 0 saturated carbocycles. The molecule has 0 spiro atoms. The molecule has 1 fully saturated rings. The van der Waals surface area contributed by atoms with Crippen molar-refractivity contribution in [3.05, 3.63) is 0 Å². The quantitative estimate of drug-likeness (QED) is 0.841. The number of nitrogens with two attached hydrogens (primary N) is 1. The number of carbonyl (C=O) groups excluding carboxylic acids is 1. The first-order chi connectivity index (χ1) is 8.38. The number of nitrogens with zero attached hydrogens (tertiary/aromatic N) is 1. The average Bonchev–Trinajstić information content (AvgIpc) is 2.12. The molecule has 0 aliphatic carbocycles. The van der Waals surface area contributed by atoms with Gasteiger partial charge in [-0.25, -0.2) is 0 Å². The molecule has 3 nitrogen and oxygen atoms in total. The largest absolute Gasteiger partial charge is 0.343 e. The van der Waals surface area contributed by atoms with Crippen molar-refractivity contribution < 1.29 is 4.79 Å². The highest BCUT2D eigenvalue weighted by Crippen LogP contribution is 2.21. The Kier molecular flexibility index (Phi) is 6.13. The number of hydrogen-bond donors (Lipinski definition) is 1. The Hall–Kier alpha value is -0.570. The van der Waals surface area contributed by atoms with Gasteiger partial charge in [-0.3, -0.25) is 4.79 Å². The van der Waals surface area contributed by atoms with Gasteiger partial charge in [-0.1, -0.05) is 40.0 Å². The molecule has 1 heterocycles. The number of carbonyl (C=O) groups is 1. The average molecular weight is 254 g/mol. The third-order valence-corrected chi connectivity index (χ3v) is 3.52. The standard InChI is InChI=1S/C15H30N2O/c1-15(2,3)12-13(16)11-14(18)17-9-7-5-4-6-8-10-17/h13H,4-12,16H2,1-3H3. The Labute approximate surface area is 112 Å². The minimum Gasteiger partial charge on any atom is -0.343 e. The fraction of sp³-hybridized carbons (Fsp3) is 0.933. The van der Waals surface area contributed by atoms with Gasteiger partial charge in [0.15, 0.2) is 0 Å². The zero-order chi connectivity index (χ0) is 13.6. The monoisotopic (exact) mass is 254 g/mol. The van der Waals surface area contributed by atoms with Gasteiger partial charge >= 0.3 is 0 Å². The van der Waals surface area contributed by atoms with E-state index in [0.717, 1.165) is 32.4 Å². The van der Waals surface area contributed by atoms with Crippen molar-refractivity contribution in [2.45, 2.75) is 71.8 Å². The molecular formula is C15H30N2O. The molecular weight excluding hydrogens is 224 g/mol. The lowest BCUT2D eigenvalue weighted by atomic mass is 9.87. The van der Waals surface area contributed by atoms with Crippen LogP contribution < -0.4 is 5.73 Å². The van der Waals surface area contributed by atoms with Gasteiger partial charge in [-0.15, -0.1) is 0 Å². The lowest BCUT2D eigenvalue weighted by Crippen LogP contribution is -2.38. The normalized spacial score (nSPS) is 20.1. The maximum atomic E-state index is 12.2.